The quantitative estimate of drug-likeness (QED) is 0.913. The predicted octanol–water partition coefficient (Wildman–Crippen LogP) is 3.03. The molecule has 0 saturated carbocycles. The summed E-state index contributed by atoms with van der Waals surface area (Å²) in [4.78, 5) is 26.6. The number of urea groups is 1. The molecule has 1 heterocycles. The Balaban J connectivity index is 2.07. The van der Waals surface area contributed by atoms with Crippen LogP contribution in [0.25, 0.3) is 0 Å². The van der Waals surface area contributed by atoms with Crippen molar-refractivity contribution in [3.8, 4) is 5.75 Å². The molecule has 2 aliphatic rings. The zero-order valence-electron chi connectivity index (χ0n) is 14.0. The van der Waals surface area contributed by atoms with Crippen LogP contribution in [0.2, 0.25) is 0 Å². The number of methoxy groups -OCH3 is 1. The van der Waals surface area contributed by atoms with E-state index in [-0.39, 0.29) is 23.3 Å². The van der Waals surface area contributed by atoms with Gasteiger partial charge in [-0.1, -0.05) is 26.0 Å². The highest BCUT2D eigenvalue weighted by Gasteiger charge is 2.42. The normalized spacial score (nSPS) is 23.5. The summed E-state index contributed by atoms with van der Waals surface area (Å²) >= 11 is 0. The Morgan fingerprint density at radius 2 is 1.83 bits per heavy atom. The Morgan fingerprint density at radius 1 is 1.17 bits per heavy atom. The SMILES string of the molecule is COc1ccc([C@@H]2NC(=O)N(C)C3=C2C(=O)CC(C)(C)C3)cc1. The van der Waals surface area contributed by atoms with Crippen LogP contribution in [0, 0.1) is 5.41 Å². The molecule has 3 rings (SSSR count). The molecule has 0 saturated heterocycles. The first kappa shape index (κ1) is 15.6. The van der Waals surface area contributed by atoms with Gasteiger partial charge in [-0.15, -0.1) is 0 Å². The minimum absolute atomic E-state index is 0.115. The van der Waals surface area contributed by atoms with Crippen LogP contribution in [0.4, 0.5) is 4.79 Å². The average Bonchev–Trinajstić information content (AvgIpc) is 2.50. The van der Waals surface area contributed by atoms with Gasteiger partial charge in [0.2, 0.25) is 0 Å². The summed E-state index contributed by atoms with van der Waals surface area (Å²) in [5, 5.41) is 2.94. The minimum atomic E-state index is -0.386. The fraction of sp³-hybridized carbons (Fsp3) is 0.444. The van der Waals surface area contributed by atoms with Crippen molar-refractivity contribution in [2.24, 2.45) is 5.41 Å². The minimum Gasteiger partial charge on any atom is -0.497 e. The average molecular weight is 314 g/mol. The number of benzene rings is 1. The summed E-state index contributed by atoms with van der Waals surface area (Å²) in [6.07, 6.45) is 1.23. The molecule has 122 valence electrons. The van der Waals surface area contributed by atoms with Gasteiger partial charge in [-0.05, 0) is 29.5 Å². The number of Topliss-reactive ketones (excluding diaryl/α,β-unsaturated/α-hetero) is 1. The Morgan fingerprint density at radius 3 is 2.43 bits per heavy atom. The van der Waals surface area contributed by atoms with Crippen LogP contribution < -0.4 is 10.1 Å². The number of carbonyl (C=O) groups is 2. The van der Waals surface area contributed by atoms with E-state index in [0.717, 1.165) is 29.0 Å². The lowest BCUT2D eigenvalue weighted by Crippen LogP contribution is -2.49. The Kier molecular flexibility index (Phi) is 3.66. The van der Waals surface area contributed by atoms with Crippen LogP contribution in [0.5, 0.6) is 5.75 Å². The lowest BCUT2D eigenvalue weighted by Gasteiger charge is -2.42. The smallest absolute Gasteiger partial charge is 0.322 e. The number of hydrogen-bond acceptors (Lipinski definition) is 3. The van der Waals surface area contributed by atoms with Gasteiger partial charge < -0.3 is 15.0 Å². The van der Waals surface area contributed by atoms with Crippen LogP contribution in [0.15, 0.2) is 35.5 Å². The Labute approximate surface area is 136 Å². The third-order valence-electron chi connectivity index (χ3n) is 4.61. The van der Waals surface area contributed by atoms with Crippen molar-refractivity contribution in [1.29, 1.82) is 0 Å². The van der Waals surface area contributed by atoms with Crippen LogP contribution in [-0.4, -0.2) is 30.9 Å². The van der Waals surface area contributed by atoms with E-state index in [1.54, 1.807) is 19.1 Å². The fourth-order valence-corrected chi connectivity index (χ4v) is 3.39. The molecule has 0 unspecified atom stereocenters. The molecule has 1 N–H and O–H groups in total. The second-order valence-electron chi connectivity index (χ2n) is 7.02. The standard InChI is InChI=1S/C18H22N2O3/c1-18(2)9-13-15(14(21)10-18)16(19-17(22)20(13)3)11-5-7-12(23-4)8-6-11/h5-8,16H,9-10H2,1-4H3,(H,19,22)/t16-/m0/s1. The first-order valence-electron chi connectivity index (χ1n) is 7.77. The van der Waals surface area contributed by atoms with Crippen molar-refractivity contribution in [2.45, 2.75) is 32.7 Å². The molecule has 5 nitrogen and oxygen atoms in total. The maximum Gasteiger partial charge on any atom is 0.322 e. The number of nitrogens with one attached hydrogen (secondary N) is 1. The van der Waals surface area contributed by atoms with E-state index in [9.17, 15) is 9.59 Å². The second-order valence-corrected chi connectivity index (χ2v) is 7.02. The van der Waals surface area contributed by atoms with Crippen molar-refractivity contribution in [3.05, 3.63) is 41.1 Å². The number of carbonyl (C=O) groups excluding carboxylic acids is 2. The summed E-state index contributed by atoms with van der Waals surface area (Å²) in [7, 11) is 3.34. The number of hydrogen-bond donors (Lipinski definition) is 1. The van der Waals surface area contributed by atoms with Gasteiger partial charge in [0.05, 0.1) is 13.2 Å². The third kappa shape index (κ3) is 2.71. The first-order chi connectivity index (χ1) is 10.8. The highest BCUT2D eigenvalue weighted by Crippen LogP contribution is 2.43. The number of allylic oxidation sites excluding steroid dienone is 1. The van der Waals surface area contributed by atoms with Crippen molar-refractivity contribution in [2.75, 3.05) is 14.2 Å². The molecule has 0 spiro atoms. The van der Waals surface area contributed by atoms with Gasteiger partial charge in [-0.2, -0.15) is 0 Å². The van der Waals surface area contributed by atoms with Gasteiger partial charge in [-0.25, -0.2) is 4.79 Å². The second kappa shape index (κ2) is 5.41. The zero-order valence-corrected chi connectivity index (χ0v) is 14.0. The summed E-state index contributed by atoms with van der Waals surface area (Å²) in [5.74, 6) is 0.863. The maximum atomic E-state index is 12.7. The van der Waals surface area contributed by atoms with Crippen molar-refractivity contribution >= 4 is 11.8 Å². The fourth-order valence-electron chi connectivity index (χ4n) is 3.39. The predicted molar refractivity (Wildman–Crippen MR) is 87.1 cm³/mol. The van der Waals surface area contributed by atoms with Gasteiger partial charge in [0.1, 0.15) is 5.75 Å². The number of ether oxygens (including phenoxy) is 1. The summed E-state index contributed by atoms with van der Waals surface area (Å²) < 4.78 is 5.18. The molecule has 23 heavy (non-hydrogen) atoms. The number of rotatable bonds is 2. The number of amides is 2. The molecule has 1 aliphatic carbocycles. The molecular weight excluding hydrogens is 292 g/mol. The molecule has 0 fully saturated rings. The highest BCUT2D eigenvalue weighted by atomic mass is 16.5. The molecule has 0 radical (unpaired) electrons. The zero-order chi connectivity index (χ0) is 16.8. The molecule has 5 heteroatoms. The lowest BCUT2D eigenvalue weighted by atomic mass is 9.72. The van der Waals surface area contributed by atoms with Crippen LogP contribution >= 0.6 is 0 Å². The summed E-state index contributed by atoms with van der Waals surface area (Å²) in [6, 6.07) is 6.92. The highest BCUT2D eigenvalue weighted by molar-refractivity contribution is 6.01. The molecule has 0 bridgehead atoms. The summed E-state index contributed by atoms with van der Waals surface area (Å²) in [5.41, 5.74) is 2.34. The van der Waals surface area contributed by atoms with Crippen molar-refractivity contribution in [1.82, 2.24) is 10.2 Å². The van der Waals surface area contributed by atoms with Gasteiger partial charge in [0, 0.05) is 24.7 Å². The monoisotopic (exact) mass is 314 g/mol. The molecular formula is C18H22N2O3. The Bertz CT molecular complexity index is 689. The van der Waals surface area contributed by atoms with Crippen molar-refractivity contribution < 1.29 is 14.3 Å². The molecule has 1 aliphatic heterocycles. The molecule has 0 aromatic heterocycles. The third-order valence-corrected chi connectivity index (χ3v) is 4.61. The van der Waals surface area contributed by atoms with E-state index in [4.69, 9.17) is 4.74 Å². The number of ketones is 1. The van der Waals surface area contributed by atoms with Gasteiger partial charge in [0.25, 0.3) is 0 Å². The largest absolute Gasteiger partial charge is 0.497 e. The lowest BCUT2D eigenvalue weighted by molar-refractivity contribution is -0.118. The number of nitrogens with zero attached hydrogens (tertiary/aromatic N) is 1. The van der Waals surface area contributed by atoms with Gasteiger partial charge in [-0.3, -0.25) is 4.79 Å². The summed E-state index contributed by atoms with van der Waals surface area (Å²) in [6.45, 7) is 4.13. The van der Waals surface area contributed by atoms with E-state index >= 15 is 0 Å². The van der Waals surface area contributed by atoms with E-state index < -0.39 is 0 Å². The van der Waals surface area contributed by atoms with Crippen LogP contribution in [0.3, 0.4) is 0 Å². The molecule has 2 amide bonds. The van der Waals surface area contributed by atoms with E-state index in [2.05, 4.69) is 19.2 Å². The molecule has 1 aromatic rings. The van der Waals surface area contributed by atoms with Crippen molar-refractivity contribution in [3.63, 3.8) is 0 Å². The van der Waals surface area contributed by atoms with E-state index in [0.29, 0.717) is 6.42 Å². The molecule has 1 aromatic carbocycles. The van der Waals surface area contributed by atoms with E-state index in [1.165, 1.54) is 0 Å². The molecule has 1 atom stereocenters. The maximum absolute atomic E-state index is 12.7. The van der Waals surface area contributed by atoms with Gasteiger partial charge >= 0.3 is 6.03 Å². The Hall–Kier alpha value is -2.30. The van der Waals surface area contributed by atoms with E-state index in [1.807, 2.05) is 24.3 Å². The first-order valence-corrected chi connectivity index (χ1v) is 7.77. The van der Waals surface area contributed by atoms with Crippen LogP contribution in [-0.2, 0) is 4.79 Å². The topological polar surface area (TPSA) is 58.6 Å². The van der Waals surface area contributed by atoms with Crippen LogP contribution in [0.1, 0.15) is 38.3 Å². The van der Waals surface area contributed by atoms with Gasteiger partial charge in [0.15, 0.2) is 5.78 Å².